The Morgan fingerprint density at radius 1 is 1.20 bits per heavy atom. The molecular weight excluding hydrogens is 126 g/mol. The Bertz CT molecular complexity index is 59.9. The van der Waals surface area contributed by atoms with Crippen LogP contribution >= 0.6 is 0 Å². The Morgan fingerprint density at radius 3 is 2.00 bits per heavy atom. The summed E-state index contributed by atoms with van der Waals surface area (Å²) in [5, 5.41) is 5.47. The molecule has 3 heteroatoms. The first kappa shape index (κ1) is 9.88. The second-order valence-electron chi connectivity index (χ2n) is 1.96. The maximum atomic E-state index is 3.27. The third-order valence-electron chi connectivity index (χ3n) is 1.43. The number of hydrogen-bond donors (Lipinski definition) is 2. The van der Waals surface area contributed by atoms with E-state index < -0.39 is 0 Å². The van der Waals surface area contributed by atoms with E-state index in [-0.39, 0.29) is 0 Å². The zero-order valence-electron chi connectivity index (χ0n) is 7.28. The molecule has 1 fully saturated rings. The predicted octanol–water partition coefficient (Wildman–Crippen LogP) is 0.0522. The van der Waals surface area contributed by atoms with Crippen LogP contribution in [0.4, 0.5) is 0 Å². The van der Waals surface area contributed by atoms with Crippen molar-refractivity contribution in [3.63, 3.8) is 0 Å². The Balaban J connectivity index is 0.000000371. The quantitative estimate of drug-likeness (QED) is 0.546. The minimum absolute atomic E-state index is 1.11. The lowest BCUT2D eigenvalue weighted by molar-refractivity contribution is 0.182. The summed E-state index contributed by atoms with van der Waals surface area (Å²) in [7, 11) is 1.96. The van der Waals surface area contributed by atoms with Crippen LogP contribution < -0.4 is 10.7 Å². The summed E-state index contributed by atoms with van der Waals surface area (Å²) in [6.07, 6.45) is 0. The van der Waals surface area contributed by atoms with Gasteiger partial charge in [0.1, 0.15) is 0 Å². The van der Waals surface area contributed by atoms with Gasteiger partial charge in [-0.05, 0) is 7.05 Å². The molecule has 1 aliphatic rings. The van der Waals surface area contributed by atoms with Gasteiger partial charge >= 0.3 is 0 Å². The molecule has 10 heavy (non-hydrogen) atoms. The first-order valence-corrected chi connectivity index (χ1v) is 4.06. The Hall–Kier alpha value is -0.120. The minimum Gasteiger partial charge on any atom is -0.314 e. The van der Waals surface area contributed by atoms with Crippen LogP contribution in [-0.2, 0) is 0 Å². The van der Waals surface area contributed by atoms with Crippen LogP contribution in [0.1, 0.15) is 13.8 Å². The summed E-state index contributed by atoms with van der Waals surface area (Å²) in [5.41, 5.74) is 3.10. The predicted molar refractivity (Wildman–Crippen MR) is 44.9 cm³/mol. The fourth-order valence-corrected chi connectivity index (χ4v) is 0.888. The molecule has 0 bridgehead atoms. The molecular formula is C7H19N3. The van der Waals surface area contributed by atoms with E-state index in [9.17, 15) is 0 Å². The summed E-state index contributed by atoms with van der Waals surface area (Å²) in [6, 6.07) is 0. The second kappa shape index (κ2) is 6.99. The van der Waals surface area contributed by atoms with Crippen LogP contribution in [-0.4, -0.2) is 38.2 Å². The van der Waals surface area contributed by atoms with Crippen LogP contribution in [0.2, 0.25) is 0 Å². The number of nitrogens with one attached hydrogen (secondary N) is 2. The van der Waals surface area contributed by atoms with Gasteiger partial charge in [0.2, 0.25) is 0 Å². The molecule has 1 heterocycles. The van der Waals surface area contributed by atoms with E-state index in [4.69, 9.17) is 0 Å². The third-order valence-corrected chi connectivity index (χ3v) is 1.43. The Kier molecular flexibility index (Phi) is 6.91. The zero-order chi connectivity index (χ0) is 7.82. The van der Waals surface area contributed by atoms with Crippen molar-refractivity contribution in [3.05, 3.63) is 0 Å². The van der Waals surface area contributed by atoms with Crippen molar-refractivity contribution in [1.29, 1.82) is 0 Å². The number of rotatable bonds is 1. The average molecular weight is 145 g/mol. The second-order valence-corrected chi connectivity index (χ2v) is 1.96. The molecule has 2 N–H and O–H groups in total. The van der Waals surface area contributed by atoms with Crippen LogP contribution in [0.15, 0.2) is 0 Å². The lowest BCUT2D eigenvalue weighted by Gasteiger charge is -2.25. The summed E-state index contributed by atoms with van der Waals surface area (Å²) in [4.78, 5) is 0. The molecule has 0 aromatic rings. The van der Waals surface area contributed by atoms with E-state index in [1.807, 2.05) is 20.9 Å². The Labute approximate surface area is 63.8 Å². The molecule has 1 rings (SSSR count). The van der Waals surface area contributed by atoms with Gasteiger partial charge in [-0.25, -0.2) is 5.01 Å². The molecule has 0 radical (unpaired) electrons. The highest BCUT2D eigenvalue weighted by Crippen LogP contribution is 1.82. The molecule has 0 amide bonds. The molecule has 0 aromatic heterocycles. The summed E-state index contributed by atoms with van der Waals surface area (Å²) >= 11 is 0. The molecule has 62 valence electrons. The highest BCUT2D eigenvalue weighted by Gasteiger charge is 2.04. The normalized spacial score (nSPS) is 19.5. The molecule has 0 atom stereocenters. The summed E-state index contributed by atoms with van der Waals surface area (Å²) in [5.74, 6) is 0. The molecule has 0 spiro atoms. The van der Waals surface area contributed by atoms with E-state index in [0.29, 0.717) is 0 Å². The summed E-state index contributed by atoms with van der Waals surface area (Å²) < 4.78 is 0. The lowest BCUT2D eigenvalue weighted by Crippen LogP contribution is -2.48. The minimum atomic E-state index is 1.11. The molecule has 0 aliphatic carbocycles. The lowest BCUT2D eigenvalue weighted by atomic mass is 10.4. The maximum absolute atomic E-state index is 3.27. The van der Waals surface area contributed by atoms with Gasteiger partial charge in [-0.2, -0.15) is 0 Å². The number of hydrogen-bond acceptors (Lipinski definition) is 3. The van der Waals surface area contributed by atoms with Gasteiger partial charge in [0.15, 0.2) is 0 Å². The zero-order valence-corrected chi connectivity index (χ0v) is 7.28. The average Bonchev–Trinajstić information content (AvgIpc) is 2.10. The van der Waals surface area contributed by atoms with Gasteiger partial charge < -0.3 is 5.32 Å². The van der Waals surface area contributed by atoms with Crippen molar-refractivity contribution in [3.8, 4) is 0 Å². The fourth-order valence-electron chi connectivity index (χ4n) is 0.888. The molecule has 1 saturated heterocycles. The standard InChI is InChI=1S/C5H13N3.C2H6/c1-6-8-4-2-7-3-5-8;1-2/h6-7H,2-5H2,1H3;1-2H3. The van der Waals surface area contributed by atoms with Gasteiger partial charge in [-0.3, -0.25) is 5.43 Å². The van der Waals surface area contributed by atoms with E-state index in [2.05, 4.69) is 15.8 Å². The van der Waals surface area contributed by atoms with Gasteiger partial charge in [0, 0.05) is 26.2 Å². The van der Waals surface area contributed by atoms with Gasteiger partial charge in [0.25, 0.3) is 0 Å². The Morgan fingerprint density at radius 2 is 1.70 bits per heavy atom. The molecule has 3 nitrogen and oxygen atoms in total. The largest absolute Gasteiger partial charge is 0.314 e. The first-order chi connectivity index (χ1) is 4.93. The molecule has 0 unspecified atom stereocenters. The molecule has 0 saturated carbocycles. The number of nitrogens with zero attached hydrogens (tertiary/aromatic N) is 1. The van der Waals surface area contributed by atoms with Gasteiger partial charge in [-0.15, -0.1) is 0 Å². The maximum Gasteiger partial charge on any atom is 0.0256 e. The number of hydrazine groups is 1. The van der Waals surface area contributed by atoms with Crippen LogP contribution in [0.3, 0.4) is 0 Å². The van der Waals surface area contributed by atoms with E-state index in [0.717, 1.165) is 26.2 Å². The van der Waals surface area contributed by atoms with Crippen LogP contribution in [0.25, 0.3) is 0 Å². The van der Waals surface area contributed by atoms with E-state index >= 15 is 0 Å². The van der Waals surface area contributed by atoms with E-state index in [1.54, 1.807) is 0 Å². The highest BCUT2D eigenvalue weighted by molar-refractivity contribution is 4.61. The SMILES string of the molecule is CC.CNN1CCNCC1. The van der Waals surface area contributed by atoms with Gasteiger partial charge in [-0.1, -0.05) is 13.8 Å². The fraction of sp³-hybridized carbons (Fsp3) is 1.00. The topological polar surface area (TPSA) is 27.3 Å². The molecule has 1 aliphatic heterocycles. The number of piperazine rings is 1. The molecule has 0 aromatic carbocycles. The van der Waals surface area contributed by atoms with Crippen molar-refractivity contribution < 1.29 is 0 Å². The van der Waals surface area contributed by atoms with E-state index in [1.165, 1.54) is 0 Å². The monoisotopic (exact) mass is 145 g/mol. The van der Waals surface area contributed by atoms with Crippen LogP contribution in [0, 0.1) is 0 Å². The highest BCUT2D eigenvalue weighted by atomic mass is 15.5. The van der Waals surface area contributed by atoms with Crippen molar-refractivity contribution in [2.75, 3.05) is 33.2 Å². The summed E-state index contributed by atoms with van der Waals surface area (Å²) in [6.45, 7) is 8.47. The van der Waals surface area contributed by atoms with Crippen molar-refractivity contribution in [1.82, 2.24) is 15.8 Å². The van der Waals surface area contributed by atoms with Gasteiger partial charge in [0.05, 0.1) is 0 Å². The van der Waals surface area contributed by atoms with Crippen molar-refractivity contribution >= 4 is 0 Å². The first-order valence-electron chi connectivity index (χ1n) is 4.06. The van der Waals surface area contributed by atoms with Crippen molar-refractivity contribution in [2.45, 2.75) is 13.8 Å². The third kappa shape index (κ3) is 3.82. The van der Waals surface area contributed by atoms with Crippen molar-refractivity contribution in [2.24, 2.45) is 0 Å². The smallest absolute Gasteiger partial charge is 0.0256 e. The van der Waals surface area contributed by atoms with Crippen LogP contribution in [0.5, 0.6) is 0 Å².